The van der Waals surface area contributed by atoms with Crippen LogP contribution in [-0.4, -0.2) is 5.11 Å². The zero-order chi connectivity index (χ0) is 19.7. The Morgan fingerprint density at radius 2 is 1.42 bits per heavy atom. The molecule has 2 aromatic rings. The van der Waals surface area contributed by atoms with Gasteiger partial charge < -0.3 is 10.6 Å². The van der Waals surface area contributed by atoms with Crippen LogP contribution in [0.15, 0.2) is 40.9 Å². The van der Waals surface area contributed by atoms with Crippen molar-refractivity contribution in [1.29, 1.82) is 0 Å². The molecule has 0 saturated heterocycles. The van der Waals surface area contributed by atoms with E-state index in [1.54, 1.807) is 25.1 Å². The van der Waals surface area contributed by atoms with Gasteiger partial charge >= 0.3 is 12.4 Å². The summed E-state index contributed by atoms with van der Waals surface area (Å²) in [5.41, 5.74) is -1.91. The molecule has 0 radical (unpaired) electrons. The highest BCUT2D eigenvalue weighted by molar-refractivity contribution is 9.10. The van der Waals surface area contributed by atoms with Crippen molar-refractivity contribution in [3.8, 4) is 0 Å². The van der Waals surface area contributed by atoms with Crippen LogP contribution in [-0.2, 0) is 12.4 Å². The third-order valence-corrected chi connectivity index (χ3v) is 3.98. The first-order valence-electron chi connectivity index (χ1n) is 7.00. The number of halogens is 7. The minimum Gasteiger partial charge on any atom is -0.332 e. The van der Waals surface area contributed by atoms with Gasteiger partial charge in [0, 0.05) is 15.8 Å². The lowest BCUT2D eigenvalue weighted by Crippen LogP contribution is -2.21. The summed E-state index contributed by atoms with van der Waals surface area (Å²) in [5, 5.41) is 4.97. The standard InChI is InChI=1S/C16H11BrF6N2S/c1-8-4-11(17)2-3-13(8)25-14(26)24-12-6-9(15(18,19)20)5-10(7-12)16(21,22)23/h2-7H,1H3,(H2,24,25,26). The maximum atomic E-state index is 12.9. The predicted molar refractivity (Wildman–Crippen MR) is 95.2 cm³/mol. The Hall–Kier alpha value is -1.81. The molecule has 10 heteroatoms. The Kier molecular flexibility index (Phi) is 5.86. The van der Waals surface area contributed by atoms with E-state index in [4.69, 9.17) is 12.2 Å². The number of rotatable bonds is 2. The van der Waals surface area contributed by atoms with Crippen molar-refractivity contribution in [3.63, 3.8) is 0 Å². The number of aryl methyl sites for hydroxylation is 1. The molecule has 26 heavy (non-hydrogen) atoms. The molecule has 0 aromatic heterocycles. The molecule has 0 unspecified atom stereocenters. The van der Waals surface area contributed by atoms with E-state index in [0.29, 0.717) is 17.8 Å². The van der Waals surface area contributed by atoms with Crippen molar-refractivity contribution in [1.82, 2.24) is 0 Å². The summed E-state index contributed by atoms with van der Waals surface area (Å²) in [5.74, 6) is 0. The first kappa shape index (κ1) is 20.5. The van der Waals surface area contributed by atoms with Crippen molar-refractivity contribution >= 4 is 44.6 Å². The van der Waals surface area contributed by atoms with Crippen LogP contribution in [0.2, 0.25) is 0 Å². The smallest absolute Gasteiger partial charge is 0.332 e. The number of hydrogen-bond acceptors (Lipinski definition) is 1. The highest BCUT2D eigenvalue weighted by Gasteiger charge is 2.37. The third kappa shape index (κ3) is 5.34. The molecule has 2 rings (SSSR count). The quantitative estimate of drug-likeness (QED) is 0.393. The van der Waals surface area contributed by atoms with Gasteiger partial charge in [-0.15, -0.1) is 0 Å². The fraction of sp³-hybridized carbons (Fsp3) is 0.188. The van der Waals surface area contributed by atoms with Crippen LogP contribution in [0.1, 0.15) is 16.7 Å². The number of thiocarbonyl (C=S) groups is 1. The van der Waals surface area contributed by atoms with Gasteiger partial charge in [0.25, 0.3) is 0 Å². The molecule has 2 N–H and O–H groups in total. The fourth-order valence-electron chi connectivity index (χ4n) is 2.08. The highest BCUT2D eigenvalue weighted by Crippen LogP contribution is 2.37. The van der Waals surface area contributed by atoms with Crippen molar-refractivity contribution in [2.45, 2.75) is 19.3 Å². The first-order chi connectivity index (χ1) is 11.9. The summed E-state index contributed by atoms with van der Waals surface area (Å²) in [7, 11) is 0. The normalized spacial score (nSPS) is 12.0. The second-order valence-corrected chi connectivity index (χ2v) is 6.66. The molecule has 0 amide bonds. The van der Waals surface area contributed by atoms with Crippen LogP contribution in [0.3, 0.4) is 0 Å². The van der Waals surface area contributed by atoms with Crippen LogP contribution < -0.4 is 10.6 Å². The van der Waals surface area contributed by atoms with Gasteiger partial charge in [0.05, 0.1) is 11.1 Å². The lowest BCUT2D eigenvalue weighted by molar-refractivity contribution is -0.143. The summed E-state index contributed by atoms with van der Waals surface area (Å²) in [6.45, 7) is 1.77. The van der Waals surface area contributed by atoms with Crippen molar-refractivity contribution in [3.05, 3.63) is 57.6 Å². The largest absolute Gasteiger partial charge is 0.416 e. The Morgan fingerprint density at radius 1 is 0.885 bits per heavy atom. The summed E-state index contributed by atoms with van der Waals surface area (Å²) in [4.78, 5) is 0. The van der Waals surface area contributed by atoms with E-state index in [9.17, 15) is 26.3 Å². The Morgan fingerprint density at radius 3 is 1.88 bits per heavy atom. The monoisotopic (exact) mass is 456 g/mol. The summed E-state index contributed by atoms with van der Waals surface area (Å²) in [6, 6.07) is 6.34. The Bertz CT molecular complexity index is 800. The van der Waals surface area contributed by atoms with Gasteiger partial charge in [0.2, 0.25) is 0 Å². The lowest BCUT2D eigenvalue weighted by atomic mass is 10.1. The zero-order valence-electron chi connectivity index (χ0n) is 13.0. The molecule has 140 valence electrons. The molecule has 0 saturated carbocycles. The van der Waals surface area contributed by atoms with Gasteiger partial charge in [-0.1, -0.05) is 15.9 Å². The van der Waals surface area contributed by atoms with Crippen LogP contribution in [0.25, 0.3) is 0 Å². The van der Waals surface area contributed by atoms with E-state index in [1.807, 2.05) is 0 Å². The molecule has 0 fully saturated rings. The van der Waals surface area contributed by atoms with E-state index in [-0.39, 0.29) is 11.2 Å². The lowest BCUT2D eigenvalue weighted by Gasteiger charge is -2.17. The molecular weight excluding hydrogens is 446 g/mol. The summed E-state index contributed by atoms with van der Waals surface area (Å²) in [6.07, 6.45) is -9.84. The van der Waals surface area contributed by atoms with Crippen molar-refractivity contribution in [2.75, 3.05) is 10.6 Å². The van der Waals surface area contributed by atoms with E-state index >= 15 is 0 Å². The van der Waals surface area contributed by atoms with Gasteiger partial charge in [0.15, 0.2) is 5.11 Å². The average Bonchev–Trinajstić information content (AvgIpc) is 2.48. The molecule has 2 aromatic carbocycles. The molecule has 0 aliphatic heterocycles. The maximum absolute atomic E-state index is 12.9. The van der Waals surface area contributed by atoms with Crippen LogP contribution in [0.5, 0.6) is 0 Å². The maximum Gasteiger partial charge on any atom is 0.416 e. The van der Waals surface area contributed by atoms with Crippen LogP contribution in [0, 0.1) is 6.92 Å². The molecule has 0 aliphatic carbocycles. The third-order valence-electron chi connectivity index (χ3n) is 3.28. The second kappa shape index (κ2) is 7.43. The molecule has 0 spiro atoms. The van der Waals surface area contributed by atoms with E-state index in [2.05, 4.69) is 26.6 Å². The fourth-order valence-corrected chi connectivity index (χ4v) is 2.78. The van der Waals surface area contributed by atoms with E-state index in [0.717, 1.165) is 10.0 Å². The molecule has 0 heterocycles. The van der Waals surface area contributed by atoms with E-state index in [1.165, 1.54) is 0 Å². The SMILES string of the molecule is Cc1cc(Br)ccc1NC(=S)Nc1cc(C(F)(F)F)cc(C(F)(F)F)c1. The Labute approximate surface area is 158 Å². The van der Waals surface area contributed by atoms with E-state index < -0.39 is 29.2 Å². The Balaban J connectivity index is 2.28. The van der Waals surface area contributed by atoms with Gasteiger partial charge in [-0.05, 0) is 61.1 Å². The van der Waals surface area contributed by atoms with Crippen LogP contribution >= 0.6 is 28.1 Å². The zero-order valence-corrected chi connectivity index (χ0v) is 15.4. The average molecular weight is 457 g/mol. The molecule has 0 atom stereocenters. The van der Waals surface area contributed by atoms with Gasteiger partial charge in [-0.25, -0.2) is 0 Å². The number of alkyl halides is 6. The first-order valence-corrected chi connectivity index (χ1v) is 8.20. The number of anilines is 2. The second-order valence-electron chi connectivity index (χ2n) is 5.33. The molecule has 0 bridgehead atoms. The minimum atomic E-state index is -4.92. The molecular formula is C16H11BrF6N2S. The van der Waals surface area contributed by atoms with Crippen molar-refractivity contribution in [2.24, 2.45) is 0 Å². The highest BCUT2D eigenvalue weighted by atomic mass is 79.9. The molecule has 0 aliphatic rings. The van der Waals surface area contributed by atoms with Crippen molar-refractivity contribution < 1.29 is 26.3 Å². The predicted octanol–water partition coefficient (Wildman–Crippen LogP) is 6.60. The summed E-state index contributed by atoms with van der Waals surface area (Å²) < 4.78 is 78.0. The van der Waals surface area contributed by atoms with Crippen LogP contribution in [0.4, 0.5) is 37.7 Å². The summed E-state index contributed by atoms with van der Waals surface area (Å²) >= 11 is 8.27. The van der Waals surface area contributed by atoms with Gasteiger partial charge in [-0.2, -0.15) is 26.3 Å². The van der Waals surface area contributed by atoms with Gasteiger partial charge in [0.1, 0.15) is 0 Å². The number of hydrogen-bond donors (Lipinski definition) is 2. The number of nitrogens with one attached hydrogen (secondary N) is 2. The minimum absolute atomic E-state index is 0.0561. The topological polar surface area (TPSA) is 24.1 Å². The number of benzene rings is 2. The molecule has 2 nitrogen and oxygen atoms in total. The van der Waals surface area contributed by atoms with Gasteiger partial charge in [-0.3, -0.25) is 0 Å².